The van der Waals surface area contributed by atoms with E-state index in [1.165, 1.54) is 44.1 Å². The third-order valence-corrected chi connectivity index (χ3v) is 4.61. The molecule has 1 fully saturated rings. The molecule has 1 aliphatic rings. The zero-order valence-electron chi connectivity index (χ0n) is 13.0. The van der Waals surface area contributed by atoms with Crippen LogP contribution in [-0.2, 0) is 4.74 Å². The molecule has 2 heteroatoms. The summed E-state index contributed by atoms with van der Waals surface area (Å²) in [6, 6.07) is 11.1. The van der Waals surface area contributed by atoms with E-state index in [-0.39, 0.29) is 5.60 Å². The molecule has 1 atom stereocenters. The molecule has 1 aromatic rings. The summed E-state index contributed by atoms with van der Waals surface area (Å²) in [5.74, 6) is 0. The summed E-state index contributed by atoms with van der Waals surface area (Å²) >= 11 is 0. The average Bonchev–Trinajstić information content (AvgIpc) is 2.75. The minimum Gasteiger partial charge on any atom is -0.376 e. The lowest BCUT2D eigenvalue weighted by molar-refractivity contribution is -0.0540. The van der Waals surface area contributed by atoms with Gasteiger partial charge in [-0.3, -0.25) is 0 Å². The van der Waals surface area contributed by atoms with Gasteiger partial charge in [-0.2, -0.15) is 0 Å². The fourth-order valence-corrected chi connectivity index (χ4v) is 3.48. The second kappa shape index (κ2) is 7.80. The van der Waals surface area contributed by atoms with Crippen LogP contribution >= 0.6 is 0 Å². The molecular weight excluding hydrogens is 246 g/mol. The molecule has 112 valence electrons. The van der Waals surface area contributed by atoms with Crippen LogP contribution in [-0.4, -0.2) is 19.3 Å². The number of benzene rings is 1. The fourth-order valence-electron chi connectivity index (χ4n) is 3.48. The van der Waals surface area contributed by atoms with Gasteiger partial charge in [0.15, 0.2) is 0 Å². The first-order valence-electron chi connectivity index (χ1n) is 8.16. The SMILES string of the molecule is CCCNC(c1ccccc1)C1(OC)CCCCCC1. The second-order valence-electron chi connectivity index (χ2n) is 5.98. The highest BCUT2D eigenvalue weighted by Crippen LogP contribution is 2.40. The van der Waals surface area contributed by atoms with Gasteiger partial charge in [0.2, 0.25) is 0 Å². The Morgan fingerprint density at radius 2 is 1.75 bits per heavy atom. The molecule has 1 saturated carbocycles. The van der Waals surface area contributed by atoms with E-state index in [4.69, 9.17) is 4.74 Å². The monoisotopic (exact) mass is 275 g/mol. The molecule has 0 aromatic heterocycles. The first kappa shape index (κ1) is 15.5. The van der Waals surface area contributed by atoms with E-state index >= 15 is 0 Å². The van der Waals surface area contributed by atoms with Crippen LogP contribution in [0.4, 0.5) is 0 Å². The van der Waals surface area contributed by atoms with Gasteiger partial charge < -0.3 is 10.1 Å². The van der Waals surface area contributed by atoms with E-state index in [0.717, 1.165) is 13.0 Å². The highest BCUT2D eigenvalue weighted by molar-refractivity contribution is 5.22. The molecule has 1 unspecified atom stereocenters. The fraction of sp³-hybridized carbons (Fsp3) is 0.667. The van der Waals surface area contributed by atoms with E-state index in [2.05, 4.69) is 42.6 Å². The summed E-state index contributed by atoms with van der Waals surface area (Å²) in [5, 5.41) is 3.75. The van der Waals surface area contributed by atoms with Gasteiger partial charge in [-0.1, -0.05) is 62.9 Å². The molecule has 1 N–H and O–H groups in total. The number of ether oxygens (including phenoxy) is 1. The zero-order valence-corrected chi connectivity index (χ0v) is 13.0. The van der Waals surface area contributed by atoms with E-state index < -0.39 is 0 Å². The van der Waals surface area contributed by atoms with Gasteiger partial charge in [-0.05, 0) is 31.4 Å². The van der Waals surface area contributed by atoms with Crippen molar-refractivity contribution in [3.05, 3.63) is 35.9 Å². The van der Waals surface area contributed by atoms with Crippen molar-refractivity contribution < 1.29 is 4.74 Å². The maximum atomic E-state index is 6.11. The number of rotatable bonds is 6. The summed E-state index contributed by atoms with van der Waals surface area (Å²) in [4.78, 5) is 0. The van der Waals surface area contributed by atoms with Gasteiger partial charge in [-0.15, -0.1) is 0 Å². The van der Waals surface area contributed by atoms with Crippen molar-refractivity contribution in [1.82, 2.24) is 5.32 Å². The first-order valence-corrected chi connectivity index (χ1v) is 8.16. The first-order chi connectivity index (χ1) is 9.82. The molecule has 0 amide bonds. The Hall–Kier alpha value is -0.860. The Labute approximate surface area is 123 Å². The van der Waals surface area contributed by atoms with Crippen molar-refractivity contribution in [3.63, 3.8) is 0 Å². The van der Waals surface area contributed by atoms with Crippen LogP contribution in [0.25, 0.3) is 0 Å². The van der Waals surface area contributed by atoms with Crippen molar-refractivity contribution in [1.29, 1.82) is 0 Å². The largest absolute Gasteiger partial charge is 0.376 e. The second-order valence-corrected chi connectivity index (χ2v) is 5.98. The normalized spacial score (nSPS) is 20.3. The highest BCUT2D eigenvalue weighted by Gasteiger charge is 2.39. The van der Waals surface area contributed by atoms with E-state index in [1.54, 1.807) is 0 Å². The van der Waals surface area contributed by atoms with Crippen LogP contribution in [0.1, 0.15) is 63.5 Å². The van der Waals surface area contributed by atoms with E-state index in [1.807, 2.05) is 7.11 Å². The van der Waals surface area contributed by atoms with Crippen molar-refractivity contribution in [3.8, 4) is 0 Å². The molecule has 2 rings (SSSR count). The van der Waals surface area contributed by atoms with E-state index in [0.29, 0.717) is 6.04 Å². The summed E-state index contributed by atoms with van der Waals surface area (Å²) in [6.45, 7) is 3.27. The zero-order chi connectivity index (χ0) is 14.3. The van der Waals surface area contributed by atoms with Crippen LogP contribution in [0.5, 0.6) is 0 Å². The molecule has 0 heterocycles. The maximum Gasteiger partial charge on any atom is 0.0872 e. The number of hydrogen-bond acceptors (Lipinski definition) is 2. The lowest BCUT2D eigenvalue weighted by Gasteiger charge is -2.40. The molecule has 2 nitrogen and oxygen atoms in total. The van der Waals surface area contributed by atoms with Crippen LogP contribution in [0.15, 0.2) is 30.3 Å². The molecule has 1 aliphatic carbocycles. The molecule has 0 bridgehead atoms. The molecule has 0 spiro atoms. The Bertz CT molecular complexity index is 368. The minimum absolute atomic E-state index is 0.0347. The standard InChI is InChI=1S/C18H29NO/c1-3-15-19-17(16-11-7-6-8-12-16)18(20-2)13-9-4-5-10-14-18/h6-8,11-12,17,19H,3-5,9-10,13-15H2,1-2H3. The summed E-state index contributed by atoms with van der Waals surface area (Å²) in [7, 11) is 1.90. The van der Waals surface area contributed by atoms with Crippen molar-refractivity contribution >= 4 is 0 Å². The molecule has 20 heavy (non-hydrogen) atoms. The molecule has 1 aromatic carbocycles. The van der Waals surface area contributed by atoms with Crippen LogP contribution in [0, 0.1) is 0 Å². The lowest BCUT2D eigenvalue weighted by Crippen LogP contribution is -2.45. The Morgan fingerprint density at radius 3 is 2.30 bits per heavy atom. The third kappa shape index (κ3) is 3.62. The average molecular weight is 275 g/mol. The number of hydrogen-bond donors (Lipinski definition) is 1. The Balaban J connectivity index is 2.27. The summed E-state index contributed by atoms with van der Waals surface area (Å²) < 4.78 is 6.11. The predicted molar refractivity (Wildman–Crippen MR) is 84.9 cm³/mol. The molecule has 0 saturated heterocycles. The summed E-state index contributed by atoms with van der Waals surface area (Å²) in [5.41, 5.74) is 1.33. The quantitative estimate of drug-likeness (QED) is 0.774. The smallest absolute Gasteiger partial charge is 0.0872 e. The van der Waals surface area contributed by atoms with Crippen LogP contribution in [0.2, 0.25) is 0 Å². The molecular formula is C18H29NO. The van der Waals surface area contributed by atoms with Crippen molar-refractivity contribution in [2.75, 3.05) is 13.7 Å². The topological polar surface area (TPSA) is 21.3 Å². The van der Waals surface area contributed by atoms with Gasteiger partial charge in [0, 0.05) is 7.11 Å². The highest BCUT2D eigenvalue weighted by atomic mass is 16.5. The van der Waals surface area contributed by atoms with Gasteiger partial charge in [-0.25, -0.2) is 0 Å². The van der Waals surface area contributed by atoms with Gasteiger partial charge >= 0.3 is 0 Å². The number of nitrogens with one attached hydrogen (secondary N) is 1. The minimum atomic E-state index is -0.0347. The van der Waals surface area contributed by atoms with Crippen molar-refractivity contribution in [2.45, 2.75) is 63.5 Å². The summed E-state index contributed by atoms with van der Waals surface area (Å²) in [6.07, 6.45) is 8.75. The van der Waals surface area contributed by atoms with Crippen molar-refractivity contribution in [2.24, 2.45) is 0 Å². The predicted octanol–water partition coefficient (Wildman–Crippen LogP) is 4.47. The maximum absolute atomic E-state index is 6.11. The van der Waals surface area contributed by atoms with E-state index in [9.17, 15) is 0 Å². The van der Waals surface area contributed by atoms with Crippen LogP contribution < -0.4 is 5.32 Å². The van der Waals surface area contributed by atoms with Gasteiger partial charge in [0.25, 0.3) is 0 Å². The Kier molecular flexibility index (Phi) is 6.06. The molecule has 0 radical (unpaired) electrons. The molecule has 0 aliphatic heterocycles. The Morgan fingerprint density at radius 1 is 1.10 bits per heavy atom. The van der Waals surface area contributed by atoms with Crippen LogP contribution in [0.3, 0.4) is 0 Å². The lowest BCUT2D eigenvalue weighted by atomic mass is 9.82. The van der Waals surface area contributed by atoms with Gasteiger partial charge in [0.1, 0.15) is 0 Å². The van der Waals surface area contributed by atoms with Gasteiger partial charge in [0.05, 0.1) is 11.6 Å². The number of methoxy groups -OCH3 is 1. The third-order valence-electron chi connectivity index (χ3n) is 4.61.